The fourth-order valence-electron chi connectivity index (χ4n) is 3.43. The Morgan fingerprint density at radius 2 is 0.514 bits per heavy atom. The number of hydrogen-bond donors (Lipinski definition) is 0. The zero-order valence-corrected chi connectivity index (χ0v) is 21.7. The second kappa shape index (κ2) is 15.8. The molecule has 3 heterocycles. The van der Waals surface area contributed by atoms with Gasteiger partial charge in [-0.3, -0.25) is 15.0 Å². The molecule has 1 radical (unpaired) electrons. The van der Waals surface area contributed by atoms with E-state index in [1.807, 2.05) is 128 Å². The summed E-state index contributed by atoms with van der Waals surface area (Å²) >= 11 is 0. The Labute approximate surface area is 234 Å². The van der Waals surface area contributed by atoms with E-state index in [9.17, 15) is 0 Å². The molecule has 3 aromatic carbocycles. The summed E-state index contributed by atoms with van der Waals surface area (Å²) in [5.41, 5.74) is 6.57. The van der Waals surface area contributed by atoms with E-state index in [-0.39, 0.29) is 22.4 Å². The Kier molecular flexibility index (Phi) is 11.7. The van der Waals surface area contributed by atoms with E-state index in [2.05, 4.69) is 51.4 Å². The summed E-state index contributed by atoms with van der Waals surface area (Å²) in [5, 5.41) is 0. The average Bonchev–Trinajstić information content (AvgIpc) is 3.01. The Hall–Kier alpha value is -4.15. The van der Waals surface area contributed by atoms with Crippen molar-refractivity contribution < 1.29 is 22.4 Å². The van der Waals surface area contributed by atoms with Gasteiger partial charge in [0.15, 0.2) is 0 Å². The molecule has 3 nitrogen and oxygen atoms in total. The molecule has 0 spiro atoms. The summed E-state index contributed by atoms with van der Waals surface area (Å²) in [5.74, 6) is 0. The van der Waals surface area contributed by atoms with Gasteiger partial charge in [0.05, 0.1) is 17.1 Å². The normalized spacial score (nSPS) is 9.41. The Morgan fingerprint density at radius 1 is 0.270 bits per heavy atom. The summed E-state index contributed by atoms with van der Waals surface area (Å²) in [4.78, 5) is 12.7. The SMILES string of the molecule is [Ag].c1ccc(-c2ccccn2)cc1.c1ccc(-c2ccccn2)cc1.c1ccc(-c2ccccn2)cc1. The maximum absolute atomic E-state index is 4.25. The van der Waals surface area contributed by atoms with Crippen LogP contribution in [-0.2, 0) is 22.4 Å². The van der Waals surface area contributed by atoms with Gasteiger partial charge in [-0.25, -0.2) is 0 Å². The molecule has 0 saturated heterocycles. The number of benzene rings is 3. The van der Waals surface area contributed by atoms with E-state index in [1.165, 1.54) is 0 Å². The largest absolute Gasteiger partial charge is 0.256 e. The summed E-state index contributed by atoms with van der Waals surface area (Å²) in [6.07, 6.45) is 5.42. The smallest absolute Gasteiger partial charge is 0.0701 e. The van der Waals surface area contributed by atoms with Crippen molar-refractivity contribution in [1.29, 1.82) is 0 Å². The van der Waals surface area contributed by atoms with Crippen LogP contribution in [-0.4, -0.2) is 15.0 Å². The molecule has 0 aliphatic heterocycles. The van der Waals surface area contributed by atoms with Gasteiger partial charge >= 0.3 is 0 Å². The van der Waals surface area contributed by atoms with Crippen molar-refractivity contribution >= 4 is 0 Å². The zero-order valence-electron chi connectivity index (χ0n) is 20.2. The number of nitrogens with zero attached hydrogens (tertiary/aromatic N) is 3. The summed E-state index contributed by atoms with van der Waals surface area (Å²) < 4.78 is 0. The van der Waals surface area contributed by atoms with Gasteiger partial charge in [0, 0.05) is 57.7 Å². The minimum Gasteiger partial charge on any atom is -0.256 e. The fourth-order valence-corrected chi connectivity index (χ4v) is 3.43. The van der Waals surface area contributed by atoms with Crippen molar-refractivity contribution in [3.05, 3.63) is 164 Å². The summed E-state index contributed by atoms with van der Waals surface area (Å²) in [6.45, 7) is 0. The molecule has 6 rings (SSSR count). The van der Waals surface area contributed by atoms with Gasteiger partial charge in [-0.05, 0) is 36.4 Å². The molecule has 6 aromatic rings. The molecule has 3 aromatic heterocycles. The first-order valence-electron chi connectivity index (χ1n) is 11.8. The van der Waals surface area contributed by atoms with Crippen LogP contribution in [0.3, 0.4) is 0 Å². The second-order valence-electron chi connectivity index (χ2n) is 7.74. The molecule has 0 aliphatic carbocycles. The minimum atomic E-state index is 0. The molecule has 0 N–H and O–H groups in total. The van der Waals surface area contributed by atoms with E-state index in [4.69, 9.17) is 0 Å². The second-order valence-corrected chi connectivity index (χ2v) is 7.74. The van der Waals surface area contributed by atoms with Gasteiger partial charge in [-0.2, -0.15) is 0 Å². The van der Waals surface area contributed by atoms with Gasteiger partial charge in [0.1, 0.15) is 0 Å². The van der Waals surface area contributed by atoms with Crippen LogP contribution in [0.2, 0.25) is 0 Å². The molecule has 0 bridgehead atoms. The summed E-state index contributed by atoms with van der Waals surface area (Å²) in [6, 6.07) is 48.3. The van der Waals surface area contributed by atoms with Gasteiger partial charge in [0.2, 0.25) is 0 Å². The number of rotatable bonds is 3. The van der Waals surface area contributed by atoms with E-state index >= 15 is 0 Å². The van der Waals surface area contributed by atoms with Crippen LogP contribution < -0.4 is 0 Å². The standard InChI is InChI=1S/3C11H9N.Ag/c3*1-2-6-10(7-3-1)11-8-4-5-9-12-11;/h3*1-9H;. The third kappa shape index (κ3) is 9.10. The van der Waals surface area contributed by atoms with E-state index in [0.717, 1.165) is 33.8 Å². The topological polar surface area (TPSA) is 38.7 Å². The van der Waals surface area contributed by atoms with Gasteiger partial charge in [0.25, 0.3) is 0 Å². The fraction of sp³-hybridized carbons (Fsp3) is 0. The summed E-state index contributed by atoms with van der Waals surface area (Å²) in [7, 11) is 0. The molecule has 0 saturated carbocycles. The van der Waals surface area contributed by atoms with E-state index in [0.29, 0.717) is 0 Å². The molecule has 185 valence electrons. The molecule has 0 amide bonds. The third-order valence-electron chi connectivity index (χ3n) is 5.20. The average molecular weight is 573 g/mol. The molecule has 37 heavy (non-hydrogen) atoms. The molecule has 0 unspecified atom stereocenters. The third-order valence-corrected chi connectivity index (χ3v) is 5.20. The molecular weight excluding hydrogens is 546 g/mol. The van der Waals surface area contributed by atoms with Crippen molar-refractivity contribution in [2.75, 3.05) is 0 Å². The Bertz CT molecular complexity index is 1090. The number of hydrogen-bond acceptors (Lipinski definition) is 3. The zero-order chi connectivity index (χ0) is 24.7. The minimum absolute atomic E-state index is 0. The first-order chi connectivity index (χ1) is 17.9. The van der Waals surface area contributed by atoms with Crippen LogP contribution in [0.25, 0.3) is 33.8 Å². The van der Waals surface area contributed by atoms with Crippen LogP contribution >= 0.6 is 0 Å². The van der Waals surface area contributed by atoms with Crippen molar-refractivity contribution in [3.8, 4) is 33.8 Å². The van der Waals surface area contributed by atoms with Gasteiger partial charge in [-0.15, -0.1) is 0 Å². The number of aromatic nitrogens is 3. The molecule has 0 fully saturated rings. The maximum atomic E-state index is 4.25. The van der Waals surface area contributed by atoms with E-state index in [1.54, 1.807) is 0 Å². The van der Waals surface area contributed by atoms with E-state index < -0.39 is 0 Å². The molecular formula is C33H27AgN3. The van der Waals surface area contributed by atoms with Crippen LogP contribution in [0, 0.1) is 0 Å². The van der Waals surface area contributed by atoms with Crippen LogP contribution in [0.5, 0.6) is 0 Å². The maximum Gasteiger partial charge on any atom is 0.0701 e. The predicted octanol–water partition coefficient (Wildman–Crippen LogP) is 8.24. The molecule has 0 atom stereocenters. The van der Waals surface area contributed by atoms with Gasteiger partial charge in [-0.1, -0.05) is 109 Å². The van der Waals surface area contributed by atoms with Crippen LogP contribution in [0.1, 0.15) is 0 Å². The Balaban J connectivity index is 0.000000152. The first-order valence-corrected chi connectivity index (χ1v) is 11.8. The first kappa shape index (κ1) is 27.4. The quantitative estimate of drug-likeness (QED) is 0.200. The van der Waals surface area contributed by atoms with Crippen molar-refractivity contribution in [2.24, 2.45) is 0 Å². The van der Waals surface area contributed by atoms with Crippen LogP contribution in [0.15, 0.2) is 164 Å². The number of pyridine rings is 3. The molecule has 0 aliphatic rings. The molecule has 4 heteroatoms. The van der Waals surface area contributed by atoms with Crippen molar-refractivity contribution in [3.63, 3.8) is 0 Å². The Morgan fingerprint density at radius 3 is 0.730 bits per heavy atom. The van der Waals surface area contributed by atoms with Gasteiger partial charge < -0.3 is 0 Å². The van der Waals surface area contributed by atoms with Crippen molar-refractivity contribution in [2.45, 2.75) is 0 Å². The van der Waals surface area contributed by atoms with Crippen LogP contribution in [0.4, 0.5) is 0 Å². The monoisotopic (exact) mass is 572 g/mol. The van der Waals surface area contributed by atoms with Crippen molar-refractivity contribution in [1.82, 2.24) is 15.0 Å². The predicted molar refractivity (Wildman–Crippen MR) is 149 cm³/mol.